The van der Waals surface area contributed by atoms with Crippen LogP contribution in [-0.2, 0) is 29.5 Å². The van der Waals surface area contributed by atoms with Crippen LogP contribution in [0, 0.1) is 13.8 Å². The van der Waals surface area contributed by atoms with Gasteiger partial charge in [-0.05, 0) is 38.5 Å². The molecule has 150 valence electrons. The van der Waals surface area contributed by atoms with Crippen molar-refractivity contribution in [2.75, 3.05) is 0 Å². The molecule has 0 saturated carbocycles. The Morgan fingerprint density at radius 2 is 1.96 bits per heavy atom. The Morgan fingerprint density at radius 1 is 1.21 bits per heavy atom. The molecule has 3 aromatic rings. The van der Waals surface area contributed by atoms with Crippen LogP contribution < -0.4 is 4.72 Å². The second kappa shape index (κ2) is 8.06. The average Bonchev–Trinajstić information content (AvgIpc) is 3.22. The van der Waals surface area contributed by atoms with Gasteiger partial charge in [0.25, 0.3) is 5.89 Å². The number of hydrogen-bond donors (Lipinski definition) is 1. The minimum absolute atomic E-state index is 0.148. The number of sulfonamides is 1. The van der Waals surface area contributed by atoms with Crippen molar-refractivity contribution in [3.05, 3.63) is 52.0 Å². The zero-order chi connectivity index (χ0) is 20.5. The minimum Gasteiger partial charge on any atom is -0.419 e. The van der Waals surface area contributed by atoms with Crippen molar-refractivity contribution in [1.29, 1.82) is 0 Å². The van der Waals surface area contributed by atoms with Crippen LogP contribution >= 0.6 is 11.6 Å². The molecule has 0 aliphatic heterocycles. The molecule has 28 heavy (non-hydrogen) atoms. The summed E-state index contributed by atoms with van der Waals surface area (Å²) in [5, 5.41) is 8.67. The van der Waals surface area contributed by atoms with E-state index >= 15 is 0 Å². The second-order valence-corrected chi connectivity index (χ2v) is 8.58. The highest BCUT2D eigenvalue weighted by atomic mass is 35.5. The Hall–Kier alpha value is -2.16. The van der Waals surface area contributed by atoms with Gasteiger partial charge in [-0.1, -0.05) is 30.7 Å². The van der Waals surface area contributed by atoms with Gasteiger partial charge in [-0.25, -0.2) is 13.1 Å². The molecule has 2 aromatic heterocycles. The summed E-state index contributed by atoms with van der Waals surface area (Å²) in [6.07, 6.45) is 0.615. The van der Waals surface area contributed by atoms with Crippen molar-refractivity contribution in [2.24, 2.45) is 0 Å². The molecule has 0 unspecified atom stereocenters. The van der Waals surface area contributed by atoms with Crippen molar-refractivity contribution in [3.8, 4) is 11.6 Å². The quantitative estimate of drug-likeness (QED) is 0.624. The Labute approximate surface area is 169 Å². The maximum absolute atomic E-state index is 13.1. The predicted octanol–water partition coefficient (Wildman–Crippen LogP) is 3.87. The SMILES string of the molecule is CCc1nnc(-c2c(C)c(S(=O)(=O)NCc3cccc(Cl)c3)c(C)n2CC)o1. The third kappa shape index (κ3) is 3.85. The normalized spacial score (nSPS) is 11.9. The number of halogens is 1. The average molecular weight is 423 g/mol. The van der Waals surface area contributed by atoms with Gasteiger partial charge in [-0.2, -0.15) is 0 Å². The fourth-order valence-electron chi connectivity index (χ4n) is 3.33. The number of aryl methyl sites for hydroxylation is 1. The summed E-state index contributed by atoms with van der Waals surface area (Å²) in [7, 11) is -3.75. The first-order chi connectivity index (χ1) is 13.3. The van der Waals surface area contributed by atoms with E-state index < -0.39 is 10.0 Å². The van der Waals surface area contributed by atoms with Gasteiger partial charge < -0.3 is 8.98 Å². The number of nitrogens with one attached hydrogen (secondary N) is 1. The van der Waals surface area contributed by atoms with E-state index in [1.807, 2.05) is 24.5 Å². The third-order valence-electron chi connectivity index (χ3n) is 4.61. The first-order valence-corrected chi connectivity index (χ1v) is 10.9. The van der Waals surface area contributed by atoms with Crippen LogP contribution in [0.3, 0.4) is 0 Å². The Balaban J connectivity index is 2.01. The van der Waals surface area contributed by atoms with E-state index in [0.29, 0.717) is 46.7 Å². The van der Waals surface area contributed by atoms with Gasteiger partial charge in [-0.3, -0.25) is 0 Å². The predicted molar refractivity (Wildman–Crippen MR) is 108 cm³/mol. The van der Waals surface area contributed by atoms with Gasteiger partial charge in [0.1, 0.15) is 10.6 Å². The van der Waals surface area contributed by atoms with Crippen molar-refractivity contribution >= 4 is 21.6 Å². The van der Waals surface area contributed by atoms with Crippen LogP contribution in [0.4, 0.5) is 0 Å². The third-order valence-corrected chi connectivity index (χ3v) is 6.51. The molecular formula is C19H23ClN4O3S. The van der Waals surface area contributed by atoms with Crippen molar-refractivity contribution in [1.82, 2.24) is 19.5 Å². The maximum Gasteiger partial charge on any atom is 0.264 e. The monoisotopic (exact) mass is 422 g/mol. The first-order valence-electron chi connectivity index (χ1n) is 9.05. The first kappa shape index (κ1) is 20.6. The summed E-state index contributed by atoms with van der Waals surface area (Å²) in [6.45, 7) is 8.14. The Bertz CT molecular complexity index is 1100. The lowest BCUT2D eigenvalue weighted by atomic mass is 10.2. The van der Waals surface area contributed by atoms with Crippen molar-refractivity contribution in [3.63, 3.8) is 0 Å². The molecular weight excluding hydrogens is 400 g/mol. The van der Waals surface area contributed by atoms with Crippen LogP contribution in [0.25, 0.3) is 11.6 Å². The van der Waals surface area contributed by atoms with Crippen molar-refractivity contribution in [2.45, 2.75) is 52.1 Å². The highest BCUT2D eigenvalue weighted by molar-refractivity contribution is 7.89. The van der Waals surface area contributed by atoms with Gasteiger partial charge in [0.15, 0.2) is 0 Å². The molecule has 0 radical (unpaired) electrons. The molecule has 3 rings (SSSR count). The molecule has 0 atom stereocenters. The minimum atomic E-state index is -3.75. The number of hydrogen-bond acceptors (Lipinski definition) is 5. The second-order valence-electron chi connectivity index (χ2n) is 6.44. The molecule has 7 nitrogen and oxygen atoms in total. The highest BCUT2D eigenvalue weighted by Gasteiger charge is 2.29. The largest absolute Gasteiger partial charge is 0.419 e. The molecule has 0 amide bonds. The van der Waals surface area contributed by atoms with E-state index in [1.165, 1.54) is 0 Å². The van der Waals surface area contributed by atoms with Crippen LogP contribution in [0.2, 0.25) is 5.02 Å². The van der Waals surface area contributed by atoms with Crippen LogP contribution in [-0.4, -0.2) is 23.2 Å². The van der Waals surface area contributed by atoms with Crippen LogP contribution in [0.15, 0.2) is 33.6 Å². The fraction of sp³-hybridized carbons (Fsp3) is 0.368. The number of aromatic nitrogens is 3. The van der Waals surface area contributed by atoms with Gasteiger partial charge in [0.2, 0.25) is 15.9 Å². The van der Waals surface area contributed by atoms with E-state index in [2.05, 4.69) is 14.9 Å². The highest BCUT2D eigenvalue weighted by Crippen LogP contribution is 2.33. The molecule has 1 aromatic carbocycles. The topological polar surface area (TPSA) is 90.0 Å². The van der Waals surface area contributed by atoms with E-state index in [9.17, 15) is 8.42 Å². The zero-order valence-electron chi connectivity index (χ0n) is 16.3. The Kier molecular flexibility index (Phi) is 5.92. The summed E-state index contributed by atoms with van der Waals surface area (Å²) in [5.41, 5.74) is 2.63. The van der Waals surface area contributed by atoms with Gasteiger partial charge in [0.05, 0.1) is 0 Å². The molecule has 0 spiro atoms. The standard InChI is InChI=1S/C19H23ClN4O3S/c1-5-16-22-23-19(27-16)17-12(3)18(13(4)24(17)6-2)28(25,26)21-11-14-8-7-9-15(20)10-14/h7-10,21H,5-6,11H2,1-4H3. The lowest BCUT2D eigenvalue weighted by Crippen LogP contribution is -2.24. The molecule has 0 aliphatic carbocycles. The smallest absolute Gasteiger partial charge is 0.264 e. The molecule has 1 N–H and O–H groups in total. The Morgan fingerprint density at radius 3 is 2.57 bits per heavy atom. The molecule has 0 fully saturated rings. The molecule has 0 aliphatic rings. The summed E-state index contributed by atoms with van der Waals surface area (Å²) in [6, 6.07) is 7.09. The maximum atomic E-state index is 13.1. The van der Waals surface area contributed by atoms with Gasteiger partial charge >= 0.3 is 0 Å². The van der Waals surface area contributed by atoms with Crippen LogP contribution in [0.5, 0.6) is 0 Å². The van der Waals surface area contributed by atoms with Gasteiger partial charge in [0, 0.05) is 35.8 Å². The molecule has 0 bridgehead atoms. The van der Waals surface area contributed by atoms with E-state index in [4.69, 9.17) is 16.0 Å². The summed E-state index contributed by atoms with van der Waals surface area (Å²) in [5.74, 6) is 0.843. The molecule has 0 saturated heterocycles. The summed E-state index contributed by atoms with van der Waals surface area (Å²) in [4.78, 5) is 0.239. The van der Waals surface area contributed by atoms with Crippen LogP contribution in [0.1, 0.15) is 36.6 Å². The summed E-state index contributed by atoms with van der Waals surface area (Å²) >= 11 is 5.98. The van der Waals surface area contributed by atoms with Crippen molar-refractivity contribution < 1.29 is 12.8 Å². The van der Waals surface area contributed by atoms with E-state index in [1.54, 1.807) is 32.0 Å². The molecule has 2 heterocycles. The van der Waals surface area contributed by atoms with E-state index in [0.717, 1.165) is 5.56 Å². The number of rotatable bonds is 7. The fourth-order valence-corrected chi connectivity index (χ4v) is 5.04. The molecule has 9 heteroatoms. The lowest BCUT2D eigenvalue weighted by Gasteiger charge is -2.09. The van der Waals surface area contributed by atoms with E-state index in [-0.39, 0.29) is 11.4 Å². The number of benzene rings is 1. The zero-order valence-corrected chi connectivity index (χ0v) is 17.9. The summed E-state index contributed by atoms with van der Waals surface area (Å²) < 4.78 is 36.4. The number of nitrogens with zero attached hydrogens (tertiary/aromatic N) is 3. The lowest BCUT2D eigenvalue weighted by molar-refractivity contribution is 0.507. The van der Waals surface area contributed by atoms with Gasteiger partial charge in [-0.15, -0.1) is 10.2 Å².